The topological polar surface area (TPSA) is 42.1 Å². The molecule has 1 saturated heterocycles. The van der Waals surface area contributed by atoms with Crippen LogP contribution in [0.25, 0.3) is 0 Å². The van der Waals surface area contributed by atoms with E-state index >= 15 is 0 Å². The van der Waals surface area contributed by atoms with Crippen LogP contribution < -0.4 is 10.6 Å². The number of hydrogen-bond donors (Lipinski definition) is 1. The van der Waals surface area contributed by atoms with Gasteiger partial charge in [-0.2, -0.15) is 0 Å². The molecule has 1 aromatic heterocycles. The Morgan fingerprint density at radius 1 is 1.44 bits per heavy atom. The van der Waals surface area contributed by atoms with Gasteiger partial charge in [0.1, 0.15) is 0 Å². The quantitative estimate of drug-likeness (QED) is 0.893. The lowest BCUT2D eigenvalue weighted by molar-refractivity contribution is 0.422. The number of rotatable bonds is 3. The fourth-order valence-corrected chi connectivity index (χ4v) is 2.92. The van der Waals surface area contributed by atoms with Crippen molar-refractivity contribution in [3.63, 3.8) is 0 Å². The summed E-state index contributed by atoms with van der Waals surface area (Å²) in [5.74, 6) is 1.57. The van der Waals surface area contributed by atoms with Gasteiger partial charge >= 0.3 is 0 Å². The minimum Gasteiger partial charge on any atom is -0.371 e. The molecular weight excluding hydrogens is 222 g/mol. The lowest BCUT2D eigenvalue weighted by Gasteiger charge is -2.24. The van der Waals surface area contributed by atoms with Crippen LogP contribution in [0.4, 0.5) is 5.69 Å². The Morgan fingerprint density at radius 2 is 2.17 bits per heavy atom. The zero-order valence-electron chi connectivity index (χ0n) is 12.0. The summed E-state index contributed by atoms with van der Waals surface area (Å²) >= 11 is 0. The normalized spacial score (nSPS) is 19.9. The first kappa shape index (κ1) is 13.3. The summed E-state index contributed by atoms with van der Waals surface area (Å²) in [4.78, 5) is 7.02. The van der Waals surface area contributed by atoms with Gasteiger partial charge in [-0.15, -0.1) is 0 Å². The Hall–Kier alpha value is -1.09. The SMILES string of the molecule is Cc1cc(N2CCC(C(C)C)C2)c(CN)c(C)n1. The van der Waals surface area contributed by atoms with E-state index in [4.69, 9.17) is 5.73 Å². The Balaban J connectivity index is 2.29. The van der Waals surface area contributed by atoms with Crippen LogP contribution in [0.3, 0.4) is 0 Å². The van der Waals surface area contributed by atoms with Crippen LogP contribution in [0.15, 0.2) is 6.07 Å². The van der Waals surface area contributed by atoms with Crippen LogP contribution in [0.2, 0.25) is 0 Å². The lowest BCUT2D eigenvalue weighted by atomic mass is 9.95. The molecule has 1 aromatic rings. The molecule has 1 aliphatic rings. The van der Waals surface area contributed by atoms with Crippen molar-refractivity contribution >= 4 is 5.69 Å². The molecule has 100 valence electrons. The third-order valence-electron chi connectivity index (χ3n) is 4.15. The molecule has 1 aliphatic heterocycles. The molecule has 2 rings (SSSR count). The van der Waals surface area contributed by atoms with E-state index in [-0.39, 0.29) is 0 Å². The summed E-state index contributed by atoms with van der Waals surface area (Å²) in [6, 6.07) is 2.19. The molecule has 2 heterocycles. The average molecular weight is 247 g/mol. The van der Waals surface area contributed by atoms with Crippen LogP contribution in [0, 0.1) is 25.7 Å². The maximum absolute atomic E-state index is 5.90. The van der Waals surface area contributed by atoms with Crippen molar-refractivity contribution in [3.05, 3.63) is 23.0 Å². The van der Waals surface area contributed by atoms with Gasteiger partial charge < -0.3 is 10.6 Å². The highest BCUT2D eigenvalue weighted by Crippen LogP contribution is 2.31. The van der Waals surface area contributed by atoms with Crippen molar-refractivity contribution in [2.24, 2.45) is 17.6 Å². The smallest absolute Gasteiger partial charge is 0.0448 e. The molecule has 1 unspecified atom stereocenters. The first-order valence-electron chi connectivity index (χ1n) is 6.95. The maximum atomic E-state index is 5.90. The Kier molecular flexibility index (Phi) is 3.91. The number of nitrogens with zero attached hydrogens (tertiary/aromatic N) is 2. The second-order valence-corrected chi connectivity index (χ2v) is 5.79. The Bertz CT molecular complexity index is 426. The van der Waals surface area contributed by atoms with E-state index in [2.05, 4.69) is 43.6 Å². The molecule has 3 nitrogen and oxygen atoms in total. The van der Waals surface area contributed by atoms with Crippen molar-refractivity contribution in [1.82, 2.24) is 4.98 Å². The molecule has 2 N–H and O–H groups in total. The molecule has 0 aliphatic carbocycles. The van der Waals surface area contributed by atoms with Gasteiger partial charge in [0.15, 0.2) is 0 Å². The third kappa shape index (κ3) is 2.51. The number of nitrogens with two attached hydrogens (primary N) is 1. The monoisotopic (exact) mass is 247 g/mol. The van der Waals surface area contributed by atoms with Crippen molar-refractivity contribution in [2.75, 3.05) is 18.0 Å². The van der Waals surface area contributed by atoms with E-state index in [0.717, 1.165) is 36.3 Å². The van der Waals surface area contributed by atoms with Gasteiger partial charge in [0, 0.05) is 42.3 Å². The highest BCUT2D eigenvalue weighted by Gasteiger charge is 2.26. The molecule has 0 bridgehead atoms. The van der Waals surface area contributed by atoms with E-state index in [1.165, 1.54) is 17.7 Å². The van der Waals surface area contributed by atoms with Crippen LogP contribution in [0.1, 0.15) is 37.2 Å². The molecular formula is C15H25N3. The second kappa shape index (κ2) is 5.27. The number of aromatic nitrogens is 1. The largest absolute Gasteiger partial charge is 0.371 e. The zero-order valence-corrected chi connectivity index (χ0v) is 12.0. The van der Waals surface area contributed by atoms with Gasteiger partial charge in [-0.3, -0.25) is 4.98 Å². The summed E-state index contributed by atoms with van der Waals surface area (Å²) < 4.78 is 0. The number of anilines is 1. The third-order valence-corrected chi connectivity index (χ3v) is 4.15. The molecule has 0 radical (unpaired) electrons. The second-order valence-electron chi connectivity index (χ2n) is 5.79. The van der Waals surface area contributed by atoms with Crippen molar-refractivity contribution < 1.29 is 0 Å². The maximum Gasteiger partial charge on any atom is 0.0448 e. The predicted molar refractivity (Wildman–Crippen MR) is 76.8 cm³/mol. The van der Waals surface area contributed by atoms with Crippen molar-refractivity contribution in [3.8, 4) is 0 Å². The Labute approximate surface area is 110 Å². The first-order valence-corrected chi connectivity index (χ1v) is 6.95. The molecule has 0 spiro atoms. The minimum absolute atomic E-state index is 0.581. The molecule has 3 heteroatoms. The lowest BCUT2D eigenvalue weighted by Crippen LogP contribution is -2.24. The minimum atomic E-state index is 0.581. The van der Waals surface area contributed by atoms with Gasteiger partial charge in [0.05, 0.1) is 0 Å². The van der Waals surface area contributed by atoms with Crippen LogP contribution in [-0.4, -0.2) is 18.1 Å². The summed E-state index contributed by atoms with van der Waals surface area (Å²) in [6.07, 6.45) is 1.29. The van der Waals surface area contributed by atoms with Crippen LogP contribution in [-0.2, 0) is 6.54 Å². The average Bonchev–Trinajstić information content (AvgIpc) is 2.77. The highest BCUT2D eigenvalue weighted by atomic mass is 15.2. The van der Waals surface area contributed by atoms with Gasteiger partial charge in [0.25, 0.3) is 0 Å². The van der Waals surface area contributed by atoms with Gasteiger partial charge in [-0.05, 0) is 38.2 Å². The predicted octanol–water partition coefficient (Wildman–Crippen LogP) is 2.64. The molecule has 1 fully saturated rings. The number of pyridine rings is 1. The summed E-state index contributed by atoms with van der Waals surface area (Å²) in [6.45, 7) is 11.7. The molecule has 0 saturated carbocycles. The molecule has 0 aromatic carbocycles. The fourth-order valence-electron chi connectivity index (χ4n) is 2.92. The molecule has 0 amide bonds. The van der Waals surface area contributed by atoms with E-state index in [0.29, 0.717) is 6.54 Å². The summed E-state index contributed by atoms with van der Waals surface area (Å²) in [5.41, 5.74) is 10.6. The highest BCUT2D eigenvalue weighted by molar-refractivity contribution is 5.56. The van der Waals surface area contributed by atoms with Crippen molar-refractivity contribution in [2.45, 2.75) is 40.7 Å². The zero-order chi connectivity index (χ0) is 13.3. The van der Waals surface area contributed by atoms with Crippen LogP contribution >= 0.6 is 0 Å². The molecule has 1 atom stereocenters. The van der Waals surface area contributed by atoms with Crippen LogP contribution in [0.5, 0.6) is 0 Å². The van der Waals surface area contributed by atoms with Gasteiger partial charge in [-0.25, -0.2) is 0 Å². The van der Waals surface area contributed by atoms with Crippen molar-refractivity contribution in [1.29, 1.82) is 0 Å². The molecule has 18 heavy (non-hydrogen) atoms. The van der Waals surface area contributed by atoms with E-state index < -0.39 is 0 Å². The van der Waals surface area contributed by atoms with E-state index in [9.17, 15) is 0 Å². The Morgan fingerprint density at radius 3 is 2.72 bits per heavy atom. The van der Waals surface area contributed by atoms with Gasteiger partial charge in [0.2, 0.25) is 0 Å². The fraction of sp³-hybridized carbons (Fsp3) is 0.667. The summed E-state index contributed by atoms with van der Waals surface area (Å²) in [7, 11) is 0. The first-order chi connectivity index (χ1) is 8.52. The number of aryl methyl sites for hydroxylation is 2. The van der Waals surface area contributed by atoms with Gasteiger partial charge in [-0.1, -0.05) is 13.8 Å². The number of hydrogen-bond acceptors (Lipinski definition) is 3. The van der Waals surface area contributed by atoms with E-state index in [1.54, 1.807) is 0 Å². The standard InChI is InChI=1S/C15H25N3/c1-10(2)13-5-6-18(9-13)15-7-11(3)17-12(4)14(15)8-16/h7,10,13H,5-6,8-9,16H2,1-4H3. The van der Waals surface area contributed by atoms with E-state index in [1.807, 2.05) is 0 Å². The summed E-state index contributed by atoms with van der Waals surface area (Å²) in [5, 5.41) is 0.